The van der Waals surface area contributed by atoms with Crippen LogP contribution in [0.5, 0.6) is 11.5 Å². The zero-order chi connectivity index (χ0) is 37.6. The van der Waals surface area contributed by atoms with E-state index >= 15 is 0 Å². The summed E-state index contributed by atoms with van der Waals surface area (Å²) in [6.45, 7) is 21.6. The van der Waals surface area contributed by atoms with E-state index in [1.807, 2.05) is 45.0 Å². The number of rotatable bonds is 19. The van der Waals surface area contributed by atoms with Crippen LogP contribution in [0.1, 0.15) is 95.7 Å². The standard InChI is InChI=1S/C45H58O7/c1-10-47-31-52-45(8,9)37-17-13-33(14-18-37)43(4,5)34-19-23-39(24-20-34)48-27-38(46)28-51-44(6,7)36-15-11-32(12-16-36)42(2,3)35-21-25-40(26-22-35)49-29-41-30-50-41/h11-26,38,41,46H,10,27-31H2,1-9H3. The van der Waals surface area contributed by atoms with Gasteiger partial charge in [-0.2, -0.15) is 0 Å². The lowest BCUT2D eigenvalue weighted by Gasteiger charge is -2.30. The summed E-state index contributed by atoms with van der Waals surface area (Å²) in [4.78, 5) is 0. The number of ether oxygens (including phenoxy) is 6. The summed E-state index contributed by atoms with van der Waals surface area (Å²) in [5.41, 5.74) is 5.49. The van der Waals surface area contributed by atoms with Crippen molar-refractivity contribution in [2.24, 2.45) is 0 Å². The fourth-order valence-corrected chi connectivity index (χ4v) is 6.18. The van der Waals surface area contributed by atoms with E-state index in [-0.39, 0.29) is 36.9 Å². The van der Waals surface area contributed by atoms with Crippen molar-refractivity contribution in [3.63, 3.8) is 0 Å². The highest BCUT2D eigenvalue weighted by atomic mass is 16.7. The minimum absolute atomic E-state index is 0.132. The topological polar surface area (TPSA) is 78.9 Å². The lowest BCUT2D eigenvalue weighted by Crippen LogP contribution is -2.30. The molecule has 52 heavy (non-hydrogen) atoms. The van der Waals surface area contributed by atoms with Crippen LogP contribution in [0.15, 0.2) is 97.1 Å². The van der Waals surface area contributed by atoms with E-state index in [2.05, 4.69) is 114 Å². The third kappa shape index (κ3) is 10.0. The number of aliphatic hydroxyl groups excluding tert-OH is 1. The maximum absolute atomic E-state index is 10.8. The van der Waals surface area contributed by atoms with Crippen LogP contribution in [0.25, 0.3) is 0 Å². The Morgan fingerprint density at radius 1 is 0.577 bits per heavy atom. The highest BCUT2D eigenvalue weighted by molar-refractivity contribution is 5.43. The van der Waals surface area contributed by atoms with Crippen LogP contribution in [0.3, 0.4) is 0 Å². The number of hydrogen-bond acceptors (Lipinski definition) is 7. The van der Waals surface area contributed by atoms with Crippen LogP contribution in [0.2, 0.25) is 0 Å². The zero-order valence-corrected chi connectivity index (χ0v) is 32.5. The Kier molecular flexibility index (Phi) is 12.5. The molecule has 0 amide bonds. The Labute approximate surface area is 311 Å². The Bertz CT molecular complexity index is 1690. The predicted molar refractivity (Wildman–Crippen MR) is 206 cm³/mol. The molecule has 7 nitrogen and oxygen atoms in total. The molecular weight excluding hydrogens is 652 g/mol. The molecule has 1 N–H and O–H groups in total. The van der Waals surface area contributed by atoms with E-state index in [1.54, 1.807) is 0 Å². The summed E-state index contributed by atoms with van der Waals surface area (Å²) >= 11 is 0. The molecule has 5 rings (SSSR count). The largest absolute Gasteiger partial charge is 0.491 e. The molecule has 0 bridgehead atoms. The first-order valence-electron chi connectivity index (χ1n) is 18.5. The third-order valence-electron chi connectivity index (χ3n) is 10.4. The fraction of sp³-hybridized carbons (Fsp3) is 0.467. The first-order chi connectivity index (χ1) is 24.6. The smallest absolute Gasteiger partial charge is 0.147 e. The van der Waals surface area contributed by atoms with E-state index in [1.165, 1.54) is 22.3 Å². The van der Waals surface area contributed by atoms with Gasteiger partial charge in [-0.25, -0.2) is 0 Å². The van der Waals surface area contributed by atoms with Gasteiger partial charge < -0.3 is 33.5 Å². The lowest BCUT2D eigenvalue weighted by atomic mass is 9.77. The maximum atomic E-state index is 10.8. The Morgan fingerprint density at radius 3 is 1.38 bits per heavy atom. The second kappa shape index (κ2) is 16.5. The zero-order valence-electron chi connectivity index (χ0n) is 32.5. The molecule has 0 saturated carbocycles. The van der Waals surface area contributed by atoms with E-state index in [0.717, 1.165) is 23.5 Å². The van der Waals surface area contributed by atoms with Crippen LogP contribution >= 0.6 is 0 Å². The molecule has 0 radical (unpaired) electrons. The van der Waals surface area contributed by atoms with Crippen LogP contribution in [0, 0.1) is 0 Å². The predicted octanol–water partition coefficient (Wildman–Crippen LogP) is 9.05. The molecule has 7 heteroatoms. The molecule has 0 aliphatic carbocycles. The van der Waals surface area contributed by atoms with Crippen LogP contribution in [-0.2, 0) is 41.0 Å². The van der Waals surface area contributed by atoms with Gasteiger partial charge in [0.25, 0.3) is 0 Å². The van der Waals surface area contributed by atoms with Gasteiger partial charge in [0.1, 0.15) is 43.7 Å². The van der Waals surface area contributed by atoms with Gasteiger partial charge in [0.05, 0.1) is 24.4 Å². The van der Waals surface area contributed by atoms with Crippen LogP contribution in [-0.4, -0.2) is 57.1 Å². The molecule has 2 atom stereocenters. The van der Waals surface area contributed by atoms with Crippen molar-refractivity contribution in [1.29, 1.82) is 0 Å². The molecule has 4 aromatic carbocycles. The van der Waals surface area contributed by atoms with E-state index < -0.39 is 17.3 Å². The van der Waals surface area contributed by atoms with Gasteiger partial charge in [-0.1, -0.05) is 100 Å². The van der Waals surface area contributed by atoms with Crippen molar-refractivity contribution in [1.82, 2.24) is 0 Å². The summed E-state index contributed by atoms with van der Waals surface area (Å²) in [6.07, 6.45) is -0.540. The van der Waals surface area contributed by atoms with Crippen molar-refractivity contribution >= 4 is 0 Å². The molecule has 0 spiro atoms. The van der Waals surface area contributed by atoms with Gasteiger partial charge in [-0.05, 0) is 92.3 Å². The van der Waals surface area contributed by atoms with Crippen molar-refractivity contribution in [3.8, 4) is 11.5 Å². The number of aliphatic hydroxyl groups is 1. The van der Waals surface area contributed by atoms with Gasteiger partial charge in [0.15, 0.2) is 0 Å². The monoisotopic (exact) mass is 710 g/mol. The summed E-state index contributed by atoms with van der Waals surface area (Å²) in [5, 5.41) is 10.8. The molecule has 1 aliphatic heterocycles. The minimum Gasteiger partial charge on any atom is -0.491 e. The summed E-state index contributed by atoms with van der Waals surface area (Å²) < 4.78 is 34.6. The average Bonchev–Trinajstić information content (AvgIpc) is 3.98. The number of benzene rings is 4. The first kappa shape index (κ1) is 39.5. The lowest BCUT2D eigenvalue weighted by molar-refractivity contribution is -0.129. The van der Waals surface area contributed by atoms with Gasteiger partial charge in [-0.3, -0.25) is 0 Å². The Hall–Kier alpha value is -3.72. The summed E-state index contributed by atoms with van der Waals surface area (Å²) in [6, 6.07) is 33.6. The van der Waals surface area contributed by atoms with Gasteiger partial charge in [0.2, 0.25) is 0 Å². The normalized spacial score (nSPS) is 15.7. The highest BCUT2D eigenvalue weighted by Crippen LogP contribution is 2.36. The number of hydrogen-bond donors (Lipinski definition) is 1. The SMILES string of the molecule is CCOCOC(C)(C)c1ccc(C(C)(C)c2ccc(OCC(O)COC(C)(C)c3ccc(C(C)(C)c4ccc(OCC5CO5)cc4)cc3)cc2)cc1. The van der Waals surface area contributed by atoms with Crippen LogP contribution in [0.4, 0.5) is 0 Å². The molecule has 4 aromatic rings. The molecule has 1 fully saturated rings. The van der Waals surface area contributed by atoms with E-state index in [9.17, 15) is 5.11 Å². The van der Waals surface area contributed by atoms with Gasteiger partial charge >= 0.3 is 0 Å². The molecule has 1 heterocycles. The van der Waals surface area contributed by atoms with E-state index in [4.69, 9.17) is 28.4 Å². The summed E-state index contributed by atoms with van der Waals surface area (Å²) in [7, 11) is 0. The van der Waals surface area contributed by atoms with Crippen molar-refractivity contribution in [3.05, 3.63) is 130 Å². The summed E-state index contributed by atoms with van der Waals surface area (Å²) in [5.74, 6) is 1.56. The molecule has 280 valence electrons. The highest BCUT2D eigenvalue weighted by Gasteiger charge is 2.28. The molecular formula is C45H58O7. The van der Waals surface area contributed by atoms with E-state index in [0.29, 0.717) is 19.0 Å². The Balaban J connectivity index is 1.10. The molecule has 1 aliphatic rings. The second-order valence-corrected chi connectivity index (χ2v) is 15.8. The molecule has 2 unspecified atom stereocenters. The van der Waals surface area contributed by atoms with Crippen molar-refractivity contribution in [2.75, 3.05) is 39.8 Å². The quantitative estimate of drug-likeness (QED) is 0.0591. The minimum atomic E-state index is -0.780. The molecule has 1 saturated heterocycles. The van der Waals surface area contributed by atoms with Gasteiger partial charge in [0, 0.05) is 17.4 Å². The van der Waals surface area contributed by atoms with Crippen molar-refractivity contribution < 1.29 is 33.5 Å². The van der Waals surface area contributed by atoms with Crippen LogP contribution < -0.4 is 9.47 Å². The maximum Gasteiger partial charge on any atom is 0.147 e. The second-order valence-electron chi connectivity index (χ2n) is 15.8. The first-order valence-corrected chi connectivity index (χ1v) is 18.5. The van der Waals surface area contributed by atoms with Gasteiger partial charge in [-0.15, -0.1) is 0 Å². The number of epoxide rings is 1. The van der Waals surface area contributed by atoms with Crippen molar-refractivity contribution in [2.45, 2.75) is 96.6 Å². The fourth-order valence-electron chi connectivity index (χ4n) is 6.18. The molecule has 0 aromatic heterocycles. The third-order valence-corrected chi connectivity index (χ3v) is 10.4. The Morgan fingerprint density at radius 2 is 0.962 bits per heavy atom. The average molecular weight is 711 g/mol.